The van der Waals surface area contributed by atoms with E-state index in [1.165, 1.54) is 0 Å². The fraction of sp³-hybridized carbons (Fsp3) is 0.417. The Kier molecular flexibility index (Phi) is 6.57. The van der Waals surface area contributed by atoms with Crippen molar-refractivity contribution in [1.29, 1.82) is 0 Å². The topological polar surface area (TPSA) is 58.6 Å². The van der Waals surface area contributed by atoms with Gasteiger partial charge in [0.25, 0.3) is 0 Å². The summed E-state index contributed by atoms with van der Waals surface area (Å²) in [5.41, 5.74) is 1.72. The van der Waals surface area contributed by atoms with Crippen LogP contribution in [0.2, 0.25) is 0 Å². The highest BCUT2D eigenvalue weighted by atomic mass is 16.6. The first kappa shape index (κ1) is 20.9. The number of ether oxygens (including phenoxy) is 1. The van der Waals surface area contributed by atoms with E-state index in [1.54, 1.807) is 4.90 Å². The van der Waals surface area contributed by atoms with Gasteiger partial charge in [0.15, 0.2) is 0 Å². The van der Waals surface area contributed by atoms with Gasteiger partial charge in [-0.05, 0) is 44.7 Å². The van der Waals surface area contributed by atoms with Crippen LogP contribution in [0.25, 0.3) is 0 Å². The minimum absolute atomic E-state index is 0.0535. The van der Waals surface area contributed by atoms with Gasteiger partial charge in [0.05, 0.1) is 0 Å². The van der Waals surface area contributed by atoms with Crippen LogP contribution in [-0.4, -0.2) is 41.6 Å². The molecule has 2 aromatic carbocycles. The Morgan fingerprint density at radius 1 is 1.03 bits per heavy atom. The average molecular weight is 395 g/mol. The summed E-state index contributed by atoms with van der Waals surface area (Å²) in [6.07, 6.45) is 1.04. The van der Waals surface area contributed by atoms with E-state index in [0.29, 0.717) is 19.5 Å². The van der Waals surface area contributed by atoms with E-state index < -0.39 is 17.7 Å². The number of rotatable bonds is 5. The molecule has 5 nitrogen and oxygen atoms in total. The highest BCUT2D eigenvalue weighted by molar-refractivity contribution is 5.86. The highest BCUT2D eigenvalue weighted by Crippen LogP contribution is 2.25. The number of nitrogens with one attached hydrogen (secondary N) is 1. The minimum Gasteiger partial charge on any atom is -0.444 e. The average Bonchev–Trinajstić information content (AvgIpc) is 3.19. The van der Waals surface area contributed by atoms with E-state index in [2.05, 4.69) is 29.6 Å². The third-order valence-electron chi connectivity index (χ3n) is 5.07. The molecule has 0 aromatic heterocycles. The van der Waals surface area contributed by atoms with Crippen molar-refractivity contribution < 1.29 is 14.3 Å². The van der Waals surface area contributed by atoms with Crippen molar-refractivity contribution in [3.05, 3.63) is 71.8 Å². The van der Waals surface area contributed by atoms with Crippen LogP contribution in [0, 0.1) is 0 Å². The maximum absolute atomic E-state index is 12.9. The van der Waals surface area contributed by atoms with E-state index in [1.807, 2.05) is 57.2 Å². The molecule has 2 amide bonds. The summed E-state index contributed by atoms with van der Waals surface area (Å²) in [6, 6.07) is 19.8. The molecule has 0 spiro atoms. The maximum atomic E-state index is 12.9. The zero-order valence-corrected chi connectivity index (χ0v) is 17.4. The van der Waals surface area contributed by atoms with E-state index in [-0.39, 0.29) is 11.8 Å². The molecular formula is C24H30N2O3. The molecule has 0 radical (unpaired) electrons. The van der Waals surface area contributed by atoms with E-state index in [9.17, 15) is 9.59 Å². The Morgan fingerprint density at radius 3 is 2.10 bits per heavy atom. The summed E-state index contributed by atoms with van der Waals surface area (Å²) in [6.45, 7) is 6.53. The van der Waals surface area contributed by atoms with Crippen LogP contribution in [-0.2, 0) is 9.53 Å². The predicted octanol–water partition coefficient (Wildman–Crippen LogP) is 4.33. The van der Waals surface area contributed by atoms with Gasteiger partial charge in [-0.1, -0.05) is 60.7 Å². The van der Waals surface area contributed by atoms with Gasteiger partial charge in [0.2, 0.25) is 5.91 Å². The molecule has 1 N–H and O–H groups in total. The van der Waals surface area contributed by atoms with E-state index >= 15 is 0 Å². The molecule has 154 valence electrons. The molecule has 3 rings (SSSR count). The maximum Gasteiger partial charge on any atom is 0.410 e. The van der Waals surface area contributed by atoms with E-state index in [0.717, 1.165) is 17.5 Å². The zero-order valence-electron chi connectivity index (χ0n) is 17.4. The Morgan fingerprint density at radius 2 is 1.59 bits per heavy atom. The molecule has 1 saturated heterocycles. The largest absolute Gasteiger partial charge is 0.444 e. The second-order valence-electron chi connectivity index (χ2n) is 8.45. The molecule has 0 aliphatic carbocycles. The van der Waals surface area contributed by atoms with Gasteiger partial charge in [0, 0.05) is 19.0 Å². The molecular weight excluding hydrogens is 364 g/mol. The number of amides is 2. The van der Waals surface area contributed by atoms with Crippen LogP contribution in [0.5, 0.6) is 0 Å². The van der Waals surface area contributed by atoms with Crippen molar-refractivity contribution in [1.82, 2.24) is 10.2 Å². The Hall–Kier alpha value is -2.82. The Balaban J connectivity index is 1.69. The van der Waals surface area contributed by atoms with Gasteiger partial charge in [-0.2, -0.15) is 0 Å². The highest BCUT2D eigenvalue weighted by Gasteiger charge is 2.36. The first-order valence-electron chi connectivity index (χ1n) is 10.2. The predicted molar refractivity (Wildman–Crippen MR) is 114 cm³/mol. The monoisotopic (exact) mass is 394 g/mol. The van der Waals surface area contributed by atoms with Gasteiger partial charge >= 0.3 is 6.09 Å². The van der Waals surface area contributed by atoms with Crippen LogP contribution < -0.4 is 5.32 Å². The van der Waals surface area contributed by atoms with Crippen LogP contribution in [0.15, 0.2) is 60.7 Å². The fourth-order valence-electron chi connectivity index (χ4n) is 3.70. The number of hydrogen-bond donors (Lipinski definition) is 1. The van der Waals surface area contributed by atoms with Gasteiger partial charge in [-0.3, -0.25) is 9.69 Å². The lowest BCUT2D eigenvalue weighted by Crippen LogP contribution is -2.48. The Labute approximate surface area is 173 Å². The molecule has 1 heterocycles. The van der Waals surface area contributed by atoms with Crippen molar-refractivity contribution >= 4 is 12.0 Å². The first-order chi connectivity index (χ1) is 13.8. The van der Waals surface area contributed by atoms with Gasteiger partial charge in [0.1, 0.15) is 11.6 Å². The third kappa shape index (κ3) is 5.59. The number of carbonyl (C=O) groups is 2. The third-order valence-corrected chi connectivity index (χ3v) is 5.07. The molecule has 1 atom stereocenters. The lowest BCUT2D eigenvalue weighted by molar-refractivity contribution is -0.125. The number of benzene rings is 2. The smallest absolute Gasteiger partial charge is 0.410 e. The molecule has 1 aliphatic heterocycles. The zero-order chi connectivity index (χ0) is 20.9. The molecule has 2 aromatic rings. The number of hydrogen-bond acceptors (Lipinski definition) is 3. The van der Waals surface area contributed by atoms with Crippen LogP contribution in [0.4, 0.5) is 4.79 Å². The summed E-state index contributed by atoms with van der Waals surface area (Å²) >= 11 is 0. The summed E-state index contributed by atoms with van der Waals surface area (Å²) in [5.74, 6) is -0.0667. The number of likely N-dealkylation sites (tertiary alicyclic amines) is 1. The molecule has 29 heavy (non-hydrogen) atoms. The molecule has 0 bridgehead atoms. The number of nitrogens with zero attached hydrogens (tertiary/aromatic N) is 1. The second kappa shape index (κ2) is 9.12. The minimum atomic E-state index is -0.577. The second-order valence-corrected chi connectivity index (χ2v) is 8.45. The van der Waals surface area contributed by atoms with Crippen molar-refractivity contribution in [3.8, 4) is 0 Å². The Bertz CT molecular complexity index is 776. The molecule has 0 saturated carbocycles. The van der Waals surface area contributed by atoms with Crippen molar-refractivity contribution in [2.24, 2.45) is 0 Å². The van der Waals surface area contributed by atoms with Crippen molar-refractivity contribution in [3.63, 3.8) is 0 Å². The van der Waals surface area contributed by atoms with Crippen LogP contribution >= 0.6 is 0 Å². The summed E-state index contributed by atoms with van der Waals surface area (Å²) < 4.78 is 5.47. The van der Waals surface area contributed by atoms with E-state index in [4.69, 9.17) is 4.74 Å². The lowest BCUT2D eigenvalue weighted by Gasteiger charge is -2.28. The van der Waals surface area contributed by atoms with Gasteiger partial charge in [-0.25, -0.2) is 4.79 Å². The molecule has 5 heteroatoms. The van der Waals surface area contributed by atoms with Gasteiger partial charge < -0.3 is 10.1 Å². The lowest BCUT2D eigenvalue weighted by atomic mass is 9.91. The number of carbonyl (C=O) groups excluding carboxylic acids is 2. The summed E-state index contributed by atoms with van der Waals surface area (Å²) in [5, 5.41) is 3.08. The van der Waals surface area contributed by atoms with Crippen molar-refractivity contribution in [2.75, 3.05) is 13.1 Å². The van der Waals surface area contributed by atoms with Crippen molar-refractivity contribution in [2.45, 2.75) is 51.2 Å². The normalized spacial score (nSPS) is 16.7. The van der Waals surface area contributed by atoms with Crippen LogP contribution in [0.3, 0.4) is 0 Å². The summed E-state index contributed by atoms with van der Waals surface area (Å²) in [4.78, 5) is 27.0. The SMILES string of the molecule is CC(C)(C)OC(=O)N1CCCC1C(=O)NCC(c1ccccc1)c1ccccc1. The molecule has 1 fully saturated rings. The fourth-order valence-corrected chi connectivity index (χ4v) is 3.70. The van der Waals surface area contributed by atoms with Crippen LogP contribution in [0.1, 0.15) is 50.7 Å². The molecule has 1 aliphatic rings. The summed E-state index contributed by atoms with van der Waals surface area (Å²) in [7, 11) is 0. The molecule has 1 unspecified atom stereocenters. The quantitative estimate of drug-likeness (QED) is 0.821. The standard InChI is InChI=1S/C24H30N2O3/c1-24(2,3)29-23(28)26-16-10-15-21(26)22(27)25-17-20(18-11-6-4-7-12-18)19-13-8-5-9-14-19/h4-9,11-14,20-21H,10,15-17H2,1-3H3,(H,25,27). The first-order valence-corrected chi connectivity index (χ1v) is 10.2. The van der Waals surface area contributed by atoms with Gasteiger partial charge in [-0.15, -0.1) is 0 Å².